The minimum atomic E-state index is -3.94. The number of alkyl halides is 1. The van der Waals surface area contributed by atoms with E-state index in [2.05, 4.69) is 10.0 Å². The standard InChI is InChI=1S/C22H17ClN2O5S/c23-19-20(22(28)16-6-2-1-5-15(16)21(19)27)24-13-9-11-14(12-10-13)31(29,30)25-17-7-3-4-8-18(17)26/h1-12,19-20,24-26H. The van der Waals surface area contributed by atoms with E-state index in [1.54, 1.807) is 36.4 Å². The number of fused-ring (bicyclic) bond motifs is 1. The first-order valence-corrected chi connectivity index (χ1v) is 11.2. The van der Waals surface area contributed by atoms with E-state index in [1.807, 2.05) is 0 Å². The van der Waals surface area contributed by atoms with Gasteiger partial charge in [-0.1, -0.05) is 36.4 Å². The monoisotopic (exact) mass is 456 g/mol. The number of carbonyl (C=O) groups excluding carboxylic acids is 2. The van der Waals surface area contributed by atoms with E-state index in [9.17, 15) is 23.1 Å². The molecule has 9 heteroatoms. The number of rotatable bonds is 5. The first kappa shape index (κ1) is 20.9. The molecular formula is C22H17ClN2O5S. The lowest BCUT2D eigenvalue weighted by Gasteiger charge is -2.28. The lowest BCUT2D eigenvalue weighted by molar-refractivity contribution is 0.0881. The molecule has 2 unspecified atom stereocenters. The summed E-state index contributed by atoms with van der Waals surface area (Å²) in [6, 6.07) is 17.1. The van der Waals surface area contributed by atoms with Crippen molar-refractivity contribution in [1.82, 2.24) is 0 Å². The van der Waals surface area contributed by atoms with Gasteiger partial charge in [-0.25, -0.2) is 8.42 Å². The molecule has 0 aromatic heterocycles. The van der Waals surface area contributed by atoms with Crippen molar-refractivity contribution in [3.8, 4) is 5.75 Å². The molecule has 3 aromatic rings. The average molecular weight is 457 g/mol. The molecule has 0 aliphatic heterocycles. The third-order valence-electron chi connectivity index (χ3n) is 4.92. The number of hydrogen-bond acceptors (Lipinski definition) is 6. The van der Waals surface area contributed by atoms with Gasteiger partial charge in [-0.05, 0) is 36.4 Å². The fraction of sp³-hybridized carbons (Fsp3) is 0.0909. The van der Waals surface area contributed by atoms with Crippen molar-refractivity contribution in [2.24, 2.45) is 0 Å². The molecule has 0 bridgehead atoms. The number of nitrogens with one attached hydrogen (secondary N) is 2. The Morgan fingerprint density at radius 3 is 2.03 bits per heavy atom. The average Bonchev–Trinajstić information content (AvgIpc) is 2.77. The van der Waals surface area contributed by atoms with Crippen LogP contribution in [0, 0.1) is 0 Å². The number of hydrogen-bond donors (Lipinski definition) is 3. The molecule has 0 saturated heterocycles. The fourth-order valence-electron chi connectivity index (χ4n) is 3.33. The number of anilines is 2. The predicted molar refractivity (Wildman–Crippen MR) is 118 cm³/mol. The summed E-state index contributed by atoms with van der Waals surface area (Å²) in [6.45, 7) is 0. The van der Waals surface area contributed by atoms with Crippen molar-refractivity contribution in [1.29, 1.82) is 0 Å². The Kier molecular flexibility index (Phi) is 5.43. The molecule has 1 aliphatic rings. The van der Waals surface area contributed by atoms with E-state index in [1.165, 1.54) is 36.4 Å². The number of para-hydroxylation sites is 2. The van der Waals surface area contributed by atoms with Crippen molar-refractivity contribution in [2.75, 3.05) is 10.0 Å². The van der Waals surface area contributed by atoms with Gasteiger partial charge >= 0.3 is 0 Å². The van der Waals surface area contributed by atoms with Crippen LogP contribution < -0.4 is 10.0 Å². The maximum Gasteiger partial charge on any atom is 0.262 e. The van der Waals surface area contributed by atoms with Crippen LogP contribution in [-0.2, 0) is 10.0 Å². The van der Waals surface area contributed by atoms with Crippen LogP contribution in [0.4, 0.5) is 11.4 Å². The number of carbonyl (C=O) groups is 2. The quantitative estimate of drug-likeness (QED) is 0.399. The number of ketones is 2. The van der Waals surface area contributed by atoms with E-state index in [0.29, 0.717) is 16.8 Å². The molecule has 3 N–H and O–H groups in total. The van der Waals surface area contributed by atoms with Gasteiger partial charge in [0.1, 0.15) is 17.2 Å². The topological polar surface area (TPSA) is 113 Å². The van der Waals surface area contributed by atoms with Gasteiger partial charge in [0.15, 0.2) is 11.6 Å². The second-order valence-corrected chi connectivity index (χ2v) is 9.10. The van der Waals surface area contributed by atoms with Gasteiger partial charge < -0.3 is 10.4 Å². The summed E-state index contributed by atoms with van der Waals surface area (Å²) in [7, 11) is -3.94. The van der Waals surface area contributed by atoms with Crippen LogP contribution in [0.5, 0.6) is 5.75 Å². The molecule has 0 spiro atoms. The SMILES string of the molecule is O=C1c2ccccc2C(=O)C(Nc2ccc(S(=O)(=O)Nc3ccccc3O)cc2)C1Cl. The second-order valence-electron chi connectivity index (χ2n) is 6.94. The summed E-state index contributed by atoms with van der Waals surface area (Å²) in [5.41, 5.74) is 1.08. The predicted octanol–water partition coefficient (Wildman–Crippen LogP) is 3.66. The first-order chi connectivity index (χ1) is 14.8. The molecule has 158 valence electrons. The largest absolute Gasteiger partial charge is 0.506 e. The molecule has 0 heterocycles. The lowest BCUT2D eigenvalue weighted by Crippen LogP contribution is -2.46. The molecule has 0 amide bonds. The first-order valence-electron chi connectivity index (χ1n) is 9.27. The summed E-state index contributed by atoms with van der Waals surface area (Å²) in [6.07, 6.45) is 0. The summed E-state index contributed by atoms with van der Waals surface area (Å²) < 4.78 is 27.5. The van der Waals surface area contributed by atoms with Gasteiger partial charge in [0.2, 0.25) is 0 Å². The highest BCUT2D eigenvalue weighted by molar-refractivity contribution is 7.92. The molecule has 2 atom stereocenters. The fourth-order valence-corrected chi connectivity index (χ4v) is 4.69. The number of halogens is 1. The maximum absolute atomic E-state index is 12.8. The highest BCUT2D eigenvalue weighted by Crippen LogP contribution is 2.29. The minimum absolute atomic E-state index is 0.0416. The van der Waals surface area contributed by atoms with E-state index < -0.39 is 21.4 Å². The van der Waals surface area contributed by atoms with Gasteiger partial charge in [-0.2, -0.15) is 0 Å². The molecule has 0 radical (unpaired) electrons. The van der Waals surface area contributed by atoms with Crippen molar-refractivity contribution >= 4 is 44.6 Å². The van der Waals surface area contributed by atoms with E-state index in [0.717, 1.165) is 0 Å². The van der Waals surface area contributed by atoms with Crippen molar-refractivity contribution in [2.45, 2.75) is 16.3 Å². The minimum Gasteiger partial charge on any atom is -0.506 e. The van der Waals surface area contributed by atoms with E-state index >= 15 is 0 Å². The Bertz CT molecular complexity index is 1280. The number of aromatic hydroxyl groups is 1. The lowest BCUT2D eigenvalue weighted by atomic mass is 9.85. The van der Waals surface area contributed by atoms with Gasteiger partial charge in [0.25, 0.3) is 10.0 Å². The Balaban J connectivity index is 1.54. The Hall–Kier alpha value is -3.36. The van der Waals surface area contributed by atoms with Gasteiger partial charge in [0, 0.05) is 16.8 Å². The van der Waals surface area contributed by atoms with Crippen LogP contribution in [0.15, 0.2) is 77.7 Å². The Morgan fingerprint density at radius 1 is 0.806 bits per heavy atom. The van der Waals surface area contributed by atoms with Crippen LogP contribution in [0.2, 0.25) is 0 Å². The second kappa shape index (κ2) is 8.05. The summed E-state index contributed by atoms with van der Waals surface area (Å²) in [5.74, 6) is -0.855. The van der Waals surface area contributed by atoms with E-state index in [4.69, 9.17) is 11.6 Å². The molecule has 7 nitrogen and oxygen atoms in total. The molecule has 1 aliphatic carbocycles. The normalized spacial score (nSPS) is 18.4. The zero-order chi connectivity index (χ0) is 22.2. The highest BCUT2D eigenvalue weighted by atomic mass is 35.5. The van der Waals surface area contributed by atoms with Crippen molar-refractivity contribution < 1.29 is 23.1 Å². The summed E-state index contributed by atoms with van der Waals surface area (Å²) >= 11 is 6.25. The van der Waals surface area contributed by atoms with Crippen LogP contribution in [-0.4, -0.2) is 36.5 Å². The number of benzene rings is 3. The maximum atomic E-state index is 12.8. The van der Waals surface area contributed by atoms with Crippen molar-refractivity contribution in [3.63, 3.8) is 0 Å². The smallest absolute Gasteiger partial charge is 0.262 e. The zero-order valence-corrected chi connectivity index (χ0v) is 17.5. The molecule has 3 aromatic carbocycles. The summed E-state index contributed by atoms with van der Waals surface area (Å²) in [5, 5.41) is 11.6. The van der Waals surface area contributed by atoms with Gasteiger partial charge in [0.05, 0.1) is 10.6 Å². The van der Waals surface area contributed by atoms with Crippen LogP contribution in [0.1, 0.15) is 20.7 Å². The Labute approximate surface area is 183 Å². The van der Waals surface area contributed by atoms with Crippen LogP contribution in [0.3, 0.4) is 0 Å². The third kappa shape index (κ3) is 3.99. The zero-order valence-electron chi connectivity index (χ0n) is 15.9. The highest BCUT2D eigenvalue weighted by Gasteiger charge is 2.40. The molecule has 31 heavy (non-hydrogen) atoms. The number of phenols is 1. The van der Waals surface area contributed by atoms with Crippen LogP contribution in [0.25, 0.3) is 0 Å². The number of sulfonamides is 1. The number of Topliss-reactive ketones (excluding diaryl/α,β-unsaturated/α-hetero) is 2. The van der Waals surface area contributed by atoms with Gasteiger partial charge in [-0.15, -0.1) is 11.6 Å². The number of phenolic OH excluding ortho intramolecular Hbond substituents is 1. The van der Waals surface area contributed by atoms with Gasteiger partial charge in [-0.3, -0.25) is 14.3 Å². The van der Waals surface area contributed by atoms with Crippen molar-refractivity contribution in [3.05, 3.63) is 83.9 Å². The molecule has 4 rings (SSSR count). The third-order valence-corrected chi connectivity index (χ3v) is 6.75. The molecule has 0 fully saturated rings. The molecule has 0 saturated carbocycles. The molecular weight excluding hydrogens is 440 g/mol. The van der Waals surface area contributed by atoms with E-state index in [-0.39, 0.29) is 27.9 Å². The summed E-state index contributed by atoms with van der Waals surface area (Å²) in [4.78, 5) is 25.3. The van der Waals surface area contributed by atoms with Crippen LogP contribution >= 0.6 is 11.6 Å². The Morgan fingerprint density at radius 2 is 1.39 bits per heavy atom.